The topological polar surface area (TPSA) is 38.0 Å². The molecule has 110 valence electrons. The third-order valence-electron chi connectivity index (χ3n) is 4.07. The molecule has 2 aromatic rings. The Morgan fingerprint density at radius 3 is 2.43 bits per heavy atom. The van der Waals surface area contributed by atoms with Gasteiger partial charge in [0.1, 0.15) is 17.5 Å². The molecular weight excluding hydrogens is 277 g/mol. The van der Waals surface area contributed by atoms with Crippen LogP contribution in [-0.4, -0.2) is 0 Å². The Bertz CT molecular complexity index is 649. The number of halogens is 3. The van der Waals surface area contributed by atoms with Crippen molar-refractivity contribution < 1.29 is 13.2 Å². The molecule has 1 aliphatic carbocycles. The maximum absolute atomic E-state index is 13.8. The molecule has 0 saturated carbocycles. The van der Waals surface area contributed by atoms with Crippen molar-refractivity contribution in [3.63, 3.8) is 0 Å². The second-order valence-corrected chi connectivity index (χ2v) is 5.34. The lowest BCUT2D eigenvalue weighted by molar-refractivity contribution is 0.402. The van der Waals surface area contributed by atoms with Crippen molar-refractivity contribution in [1.82, 2.24) is 5.43 Å². The zero-order valence-electron chi connectivity index (χ0n) is 11.2. The van der Waals surface area contributed by atoms with E-state index < -0.39 is 23.5 Å². The minimum Gasteiger partial charge on any atom is -0.271 e. The van der Waals surface area contributed by atoms with Crippen LogP contribution in [0.25, 0.3) is 0 Å². The molecule has 0 fully saturated rings. The minimum absolute atomic E-state index is 0.200. The van der Waals surface area contributed by atoms with E-state index in [4.69, 9.17) is 5.84 Å². The van der Waals surface area contributed by atoms with Gasteiger partial charge in [-0.15, -0.1) is 0 Å². The molecule has 21 heavy (non-hydrogen) atoms. The van der Waals surface area contributed by atoms with E-state index in [-0.39, 0.29) is 11.5 Å². The van der Waals surface area contributed by atoms with E-state index >= 15 is 0 Å². The van der Waals surface area contributed by atoms with Crippen molar-refractivity contribution in [2.24, 2.45) is 5.84 Å². The summed E-state index contributed by atoms with van der Waals surface area (Å²) in [7, 11) is 0. The van der Waals surface area contributed by atoms with Gasteiger partial charge in [0.15, 0.2) is 0 Å². The van der Waals surface area contributed by atoms with Gasteiger partial charge in [0.25, 0.3) is 0 Å². The Labute approximate surface area is 120 Å². The summed E-state index contributed by atoms with van der Waals surface area (Å²) in [5, 5.41) is 0. The summed E-state index contributed by atoms with van der Waals surface area (Å²) < 4.78 is 40.7. The number of hydrazine groups is 1. The summed E-state index contributed by atoms with van der Waals surface area (Å²) in [5.74, 6) is 2.89. The van der Waals surface area contributed by atoms with Gasteiger partial charge in [-0.3, -0.25) is 11.3 Å². The molecule has 0 amide bonds. The van der Waals surface area contributed by atoms with Crippen LogP contribution < -0.4 is 11.3 Å². The molecule has 2 aromatic carbocycles. The van der Waals surface area contributed by atoms with Crippen molar-refractivity contribution in [2.75, 3.05) is 0 Å². The smallest absolute Gasteiger partial charge is 0.133 e. The molecule has 0 radical (unpaired) electrons. The summed E-state index contributed by atoms with van der Waals surface area (Å²) in [5.41, 5.74) is 4.67. The summed E-state index contributed by atoms with van der Waals surface area (Å²) in [4.78, 5) is 0. The highest BCUT2D eigenvalue weighted by Gasteiger charge is 2.30. The molecule has 0 saturated heterocycles. The lowest BCUT2D eigenvalue weighted by atomic mass is 9.74. The van der Waals surface area contributed by atoms with Gasteiger partial charge in [0.05, 0.1) is 6.04 Å². The van der Waals surface area contributed by atoms with Gasteiger partial charge in [-0.25, -0.2) is 13.2 Å². The fourth-order valence-corrected chi connectivity index (χ4v) is 3.01. The van der Waals surface area contributed by atoms with Crippen LogP contribution in [0.1, 0.15) is 35.1 Å². The average molecular weight is 292 g/mol. The molecule has 1 aliphatic rings. The van der Waals surface area contributed by atoms with Gasteiger partial charge in [-0.2, -0.15) is 0 Å². The Morgan fingerprint density at radius 1 is 1.14 bits per heavy atom. The maximum atomic E-state index is 13.8. The van der Waals surface area contributed by atoms with Gasteiger partial charge in [0.2, 0.25) is 0 Å². The van der Waals surface area contributed by atoms with Gasteiger partial charge >= 0.3 is 0 Å². The molecule has 5 heteroatoms. The number of benzene rings is 2. The Kier molecular flexibility index (Phi) is 3.69. The van der Waals surface area contributed by atoms with E-state index in [2.05, 4.69) is 5.43 Å². The SMILES string of the molecule is NNC(CC1Cc2ccccc21)c1c(F)cc(F)cc1F. The monoisotopic (exact) mass is 292 g/mol. The van der Waals surface area contributed by atoms with Crippen LogP contribution in [0, 0.1) is 17.5 Å². The van der Waals surface area contributed by atoms with E-state index in [1.54, 1.807) is 0 Å². The maximum Gasteiger partial charge on any atom is 0.133 e. The normalized spacial score (nSPS) is 18.0. The van der Waals surface area contributed by atoms with Gasteiger partial charge in [-0.05, 0) is 29.9 Å². The number of rotatable bonds is 4. The van der Waals surface area contributed by atoms with E-state index in [9.17, 15) is 13.2 Å². The summed E-state index contributed by atoms with van der Waals surface area (Å²) >= 11 is 0. The van der Waals surface area contributed by atoms with Crippen molar-refractivity contribution in [1.29, 1.82) is 0 Å². The van der Waals surface area contributed by atoms with E-state index in [1.807, 2.05) is 24.3 Å². The summed E-state index contributed by atoms with van der Waals surface area (Å²) in [6.45, 7) is 0. The van der Waals surface area contributed by atoms with Crippen LogP contribution >= 0.6 is 0 Å². The van der Waals surface area contributed by atoms with Gasteiger partial charge < -0.3 is 0 Å². The molecule has 0 aliphatic heterocycles. The third-order valence-corrected chi connectivity index (χ3v) is 4.07. The number of hydrogen-bond donors (Lipinski definition) is 2. The molecule has 0 aromatic heterocycles. The van der Waals surface area contributed by atoms with Crippen molar-refractivity contribution >= 4 is 0 Å². The Morgan fingerprint density at radius 2 is 1.81 bits per heavy atom. The predicted molar refractivity (Wildman–Crippen MR) is 73.9 cm³/mol. The largest absolute Gasteiger partial charge is 0.271 e. The molecule has 2 nitrogen and oxygen atoms in total. The predicted octanol–water partition coefficient (Wildman–Crippen LogP) is 3.34. The number of hydrogen-bond acceptors (Lipinski definition) is 2. The Hall–Kier alpha value is -1.85. The molecule has 0 heterocycles. The van der Waals surface area contributed by atoms with Crippen molar-refractivity contribution in [3.8, 4) is 0 Å². The molecular formula is C16H15F3N2. The average Bonchev–Trinajstić information content (AvgIpc) is 2.41. The molecule has 3 rings (SSSR count). The van der Waals surface area contributed by atoms with Crippen LogP contribution in [0.2, 0.25) is 0 Å². The van der Waals surface area contributed by atoms with E-state index in [0.29, 0.717) is 18.6 Å². The lowest BCUT2D eigenvalue weighted by Gasteiger charge is -2.33. The van der Waals surface area contributed by atoms with Crippen molar-refractivity contribution in [3.05, 3.63) is 70.5 Å². The van der Waals surface area contributed by atoms with Crippen LogP contribution in [-0.2, 0) is 6.42 Å². The lowest BCUT2D eigenvalue weighted by Crippen LogP contribution is -2.33. The molecule has 2 atom stereocenters. The highest BCUT2D eigenvalue weighted by atomic mass is 19.1. The fourth-order valence-electron chi connectivity index (χ4n) is 3.01. The first-order chi connectivity index (χ1) is 10.1. The zero-order valence-corrected chi connectivity index (χ0v) is 11.2. The van der Waals surface area contributed by atoms with Crippen LogP contribution in [0.3, 0.4) is 0 Å². The fraction of sp³-hybridized carbons (Fsp3) is 0.250. The first kappa shape index (κ1) is 14.1. The number of nitrogens with two attached hydrogens (primary N) is 1. The Balaban J connectivity index is 1.85. The van der Waals surface area contributed by atoms with Crippen LogP contribution in [0.4, 0.5) is 13.2 Å². The first-order valence-electron chi connectivity index (χ1n) is 6.78. The third kappa shape index (κ3) is 2.54. The molecule has 0 bridgehead atoms. The highest BCUT2D eigenvalue weighted by molar-refractivity contribution is 5.40. The van der Waals surface area contributed by atoms with Gasteiger partial charge in [-0.1, -0.05) is 24.3 Å². The van der Waals surface area contributed by atoms with Crippen LogP contribution in [0.15, 0.2) is 36.4 Å². The minimum atomic E-state index is -0.932. The number of nitrogens with one attached hydrogen (secondary N) is 1. The quantitative estimate of drug-likeness (QED) is 0.670. The van der Waals surface area contributed by atoms with Crippen molar-refractivity contribution in [2.45, 2.75) is 24.8 Å². The standard InChI is InChI=1S/C16H15F3N2/c17-11-7-13(18)16(14(19)8-11)15(21-20)6-10-5-9-3-1-2-4-12(9)10/h1-4,7-8,10,15,21H,5-6,20H2. The second-order valence-electron chi connectivity index (χ2n) is 5.34. The first-order valence-corrected chi connectivity index (χ1v) is 6.78. The van der Waals surface area contributed by atoms with Crippen LogP contribution in [0.5, 0.6) is 0 Å². The molecule has 3 N–H and O–H groups in total. The highest BCUT2D eigenvalue weighted by Crippen LogP contribution is 2.41. The second kappa shape index (κ2) is 5.50. The van der Waals surface area contributed by atoms with E-state index in [1.165, 1.54) is 11.1 Å². The molecule has 2 unspecified atom stereocenters. The zero-order chi connectivity index (χ0) is 15.0. The van der Waals surface area contributed by atoms with Gasteiger partial charge in [0, 0.05) is 17.7 Å². The van der Waals surface area contributed by atoms with E-state index in [0.717, 1.165) is 6.42 Å². The number of fused-ring (bicyclic) bond motifs is 1. The molecule has 0 spiro atoms. The summed E-state index contributed by atoms with van der Waals surface area (Å²) in [6, 6.07) is 8.62. The summed E-state index contributed by atoms with van der Waals surface area (Å²) in [6.07, 6.45) is 1.33.